The van der Waals surface area contributed by atoms with Crippen LogP contribution in [0.25, 0.3) is 0 Å². The quantitative estimate of drug-likeness (QED) is 0.200. The van der Waals surface area contributed by atoms with Gasteiger partial charge in [0, 0.05) is 26.2 Å². The Hall–Kier alpha value is -2.07. The summed E-state index contributed by atoms with van der Waals surface area (Å²) in [4.78, 5) is 12.4. The third-order valence-corrected chi connectivity index (χ3v) is 6.62. The van der Waals surface area contributed by atoms with Gasteiger partial charge in [-0.1, -0.05) is 29.8 Å². The molecule has 0 radical (unpaired) electrons. The number of hydrogen-bond acceptors (Lipinski definition) is 5. The van der Waals surface area contributed by atoms with Crippen LogP contribution in [0.2, 0.25) is 5.02 Å². The van der Waals surface area contributed by atoms with E-state index in [1.807, 2.05) is 31.2 Å². The smallest absolute Gasteiger partial charge is 0.271 e. The molecule has 3 rings (SSSR count). The second-order valence-corrected chi connectivity index (χ2v) is 9.59. The summed E-state index contributed by atoms with van der Waals surface area (Å²) < 4.78 is 13.2. The molecule has 0 heterocycles. The van der Waals surface area contributed by atoms with Crippen LogP contribution in [0.1, 0.15) is 28.4 Å². The van der Waals surface area contributed by atoms with E-state index >= 15 is 0 Å². The monoisotopic (exact) mass is 658 g/mol. The predicted octanol–water partition coefficient (Wildman–Crippen LogP) is 7.07. The van der Waals surface area contributed by atoms with Gasteiger partial charge in [-0.25, -0.2) is 5.43 Å². The van der Waals surface area contributed by atoms with Gasteiger partial charge < -0.3 is 14.6 Å². The molecule has 3 aromatic rings. The maximum Gasteiger partial charge on any atom is 0.271 e. The Kier molecular flexibility index (Phi) is 9.19. The van der Waals surface area contributed by atoms with E-state index in [4.69, 9.17) is 21.1 Å². The van der Waals surface area contributed by atoms with E-state index in [0.717, 1.165) is 5.56 Å². The molecule has 6 nitrogen and oxygen atoms in total. The van der Waals surface area contributed by atoms with Crippen LogP contribution < -0.4 is 14.9 Å². The van der Waals surface area contributed by atoms with Gasteiger partial charge in [0.25, 0.3) is 5.91 Å². The van der Waals surface area contributed by atoms with Crippen molar-refractivity contribution in [3.63, 3.8) is 0 Å². The summed E-state index contributed by atoms with van der Waals surface area (Å²) in [6, 6.07) is 14.0. The van der Waals surface area contributed by atoms with E-state index in [0.29, 0.717) is 47.7 Å². The minimum atomic E-state index is -0.437. The van der Waals surface area contributed by atoms with Gasteiger partial charge in [0.2, 0.25) is 0 Å². The summed E-state index contributed by atoms with van der Waals surface area (Å²) in [7, 11) is 0. The predicted molar refractivity (Wildman–Crippen MR) is 140 cm³/mol. The van der Waals surface area contributed by atoms with Crippen molar-refractivity contribution in [2.45, 2.75) is 13.5 Å². The summed E-state index contributed by atoms with van der Waals surface area (Å²) in [6.45, 7) is 2.61. The number of ether oxygens (including phenoxy) is 2. The first-order valence-electron chi connectivity index (χ1n) is 9.64. The first kappa shape index (κ1) is 25.6. The number of aromatic hydroxyl groups is 1. The van der Waals surface area contributed by atoms with E-state index in [1.54, 1.807) is 12.1 Å². The van der Waals surface area contributed by atoms with E-state index in [-0.39, 0.29) is 12.4 Å². The van der Waals surface area contributed by atoms with Crippen molar-refractivity contribution in [2.24, 2.45) is 5.10 Å². The molecule has 33 heavy (non-hydrogen) atoms. The molecule has 0 saturated heterocycles. The Bertz CT molecular complexity index is 1180. The number of hydrogen-bond donors (Lipinski definition) is 2. The lowest BCUT2D eigenvalue weighted by Gasteiger charge is -2.14. The Morgan fingerprint density at radius 2 is 1.73 bits per heavy atom. The molecule has 172 valence electrons. The first-order chi connectivity index (χ1) is 15.8. The fraction of sp³-hybridized carbons (Fsp3) is 0.130. The van der Waals surface area contributed by atoms with Crippen LogP contribution >= 0.6 is 59.4 Å². The van der Waals surface area contributed by atoms with Crippen molar-refractivity contribution in [3.05, 3.63) is 83.7 Å². The number of phenolic OH excluding ortho intramolecular Hbond substituents is 1. The van der Waals surface area contributed by atoms with E-state index in [9.17, 15) is 9.90 Å². The molecule has 0 aliphatic rings. The highest BCUT2D eigenvalue weighted by Crippen LogP contribution is 2.35. The molecule has 0 atom stereocenters. The molecule has 0 aliphatic carbocycles. The zero-order valence-corrected chi connectivity index (χ0v) is 22.8. The second kappa shape index (κ2) is 11.9. The molecule has 2 N–H and O–H groups in total. The first-order valence-corrected chi connectivity index (χ1v) is 12.4. The van der Waals surface area contributed by atoms with Crippen LogP contribution in [0, 0.1) is 0 Å². The number of nitrogens with one attached hydrogen (secondary N) is 1. The van der Waals surface area contributed by atoms with Crippen LogP contribution in [0.5, 0.6) is 17.2 Å². The molecule has 0 fully saturated rings. The third kappa shape index (κ3) is 6.72. The fourth-order valence-electron chi connectivity index (χ4n) is 2.72. The number of nitrogens with zero attached hydrogens (tertiary/aromatic N) is 1. The minimum absolute atomic E-state index is 0.0132. The van der Waals surface area contributed by atoms with Crippen molar-refractivity contribution >= 4 is 71.5 Å². The number of phenols is 1. The Balaban J connectivity index is 1.75. The van der Waals surface area contributed by atoms with Gasteiger partial charge in [-0.2, -0.15) is 5.10 Å². The average Bonchev–Trinajstić information content (AvgIpc) is 2.78. The van der Waals surface area contributed by atoms with Crippen LogP contribution in [-0.4, -0.2) is 23.8 Å². The van der Waals surface area contributed by atoms with Gasteiger partial charge in [0.1, 0.15) is 12.4 Å². The van der Waals surface area contributed by atoms with Gasteiger partial charge in [-0.15, -0.1) is 0 Å². The number of hydrazone groups is 1. The molecule has 10 heteroatoms. The van der Waals surface area contributed by atoms with Crippen molar-refractivity contribution in [2.75, 3.05) is 6.61 Å². The molecule has 0 aromatic heterocycles. The number of amides is 1. The number of rotatable bonds is 8. The normalized spacial score (nSPS) is 10.9. The Labute approximate surface area is 221 Å². The van der Waals surface area contributed by atoms with Crippen molar-refractivity contribution in [1.82, 2.24) is 5.43 Å². The standard InChI is InChI=1S/C23H18Br3ClN2O4/c1-2-32-20-9-15(11-28-29-23(31)14-7-17(25)22(30)18(26)8-14)16(24)10-21(20)33-12-13-5-3-4-6-19(13)27/h3-11,30H,2,12H2,1H3,(H,29,31)/b28-11-. The number of halogens is 4. The molecular weight excluding hydrogens is 643 g/mol. The molecular formula is C23H18Br3ClN2O4. The molecule has 0 spiro atoms. The third-order valence-electron chi connectivity index (χ3n) is 4.35. The lowest BCUT2D eigenvalue weighted by Crippen LogP contribution is -2.17. The fourth-order valence-corrected chi connectivity index (χ4v) is 4.52. The number of carbonyl (C=O) groups excluding carboxylic acids is 1. The second-order valence-electron chi connectivity index (χ2n) is 6.62. The largest absolute Gasteiger partial charge is 0.506 e. The van der Waals surface area contributed by atoms with Crippen LogP contribution in [0.4, 0.5) is 0 Å². The highest BCUT2D eigenvalue weighted by molar-refractivity contribution is 9.11. The summed E-state index contributed by atoms with van der Waals surface area (Å²) >= 11 is 16.1. The molecule has 3 aromatic carbocycles. The van der Waals surface area contributed by atoms with Crippen molar-refractivity contribution in [3.8, 4) is 17.2 Å². The maximum atomic E-state index is 12.4. The zero-order valence-electron chi connectivity index (χ0n) is 17.2. The van der Waals surface area contributed by atoms with Gasteiger partial charge >= 0.3 is 0 Å². The van der Waals surface area contributed by atoms with E-state index < -0.39 is 5.91 Å². The topological polar surface area (TPSA) is 80.2 Å². The summed E-state index contributed by atoms with van der Waals surface area (Å²) in [5.41, 5.74) is 4.33. The van der Waals surface area contributed by atoms with E-state index in [1.165, 1.54) is 18.3 Å². The minimum Gasteiger partial charge on any atom is -0.506 e. The van der Waals surface area contributed by atoms with Crippen LogP contribution in [0.3, 0.4) is 0 Å². The highest BCUT2D eigenvalue weighted by atomic mass is 79.9. The zero-order chi connectivity index (χ0) is 24.0. The molecule has 0 bridgehead atoms. The lowest BCUT2D eigenvalue weighted by atomic mass is 10.2. The summed E-state index contributed by atoms with van der Waals surface area (Å²) in [6.07, 6.45) is 1.49. The van der Waals surface area contributed by atoms with Gasteiger partial charge in [0.05, 0.1) is 21.8 Å². The van der Waals surface area contributed by atoms with Gasteiger partial charge in [-0.05, 0) is 85.0 Å². The van der Waals surface area contributed by atoms with Crippen molar-refractivity contribution in [1.29, 1.82) is 0 Å². The molecule has 0 unspecified atom stereocenters. The summed E-state index contributed by atoms with van der Waals surface area (Å²) in [5.74, 6) is 0.656. The van der Waals surface area contributed by atoms with Gasteiger partial charge in [0.15, 0.2) is 11.5 Å². The Morgan fingerprint density at radius 1 is 1.06 bits per heavy atom. The SMILES string of the molecule is CCOc1cc(/C=N\NC(=O)c2cc(Br)c(O)c(Br)c2)c(Br)cc1OCc1ccccc1Cl. The lowest BCUT2D eigenvalue weighted by molar-refractivity contribution is 0.0955. The number of benzene rings is 3. The maximum absolute atomic E-state index is 12.4. The Morgan fingerprint density at radius 3 is 2.39 bits per heavy atom. The van der Waals surface area contributed by atoms with Gasteiger partial charge in [-0.3, -0.25) is 4.79 Å². The number of carbonyl (C=O) groups is 1. The highest BCUT2D eigenvalue weighted by Gasteiger charge is 2.13. The van der Waals surface area contributed by atoms with E-state index in [2.05, 4.69) is 58.3 Å². The average molecular weight is 662 g/mol. The molecule has 1 amide bonds. The molecule has 0 saturated carbocycles. The summed E-state index contributed by atoms with van der Waals surface area (Å²) in [5, 5.41) is 14.4. The molecule has 0 aliphatic heterocycles. The van der Waals surface area contributed by atoms with Crippen molar-refractivity contribution < 1.29 is 19.4 Å². The van der Waals surface area contributed by atoms with Crippen LogP contribution in [-0.2, 0) is 6.61 Å². The van der Waals surface area contributed by atoms with Crippen LogP contribution in [0.15, 0.2) is 67.1 Å².